The van der Waals surface area contributed by atoms with Crippen LogP contribution in [0.1, 0.15) is 24.8 Å². The Morgan fingerprint density at radius 2 is 2.03 bits per heavy atom. The molecule has 0 amide bonds. The summed E-state index contributed by atoms with van der Waals surface area (Å²) in [5.41, 5.74) is 1.33. The van der Waals surface area contributed by atoms with Gasteiger partial charge in [-0.1, -0.05) is 11.6 Å². The van der Waals surface area contributed by atoms with Crippen LogP contribution in [0.15, 0.2) is 18.2 Å². The first-order valence-corrected chi connectivity index (χ1v) is 13.0. The molecule has 3 aliphatic rings. The number of benzene rings is 1. The van der Waals surface area contributed by atoms with E-state index in [4.69, 9.17) is 30.5 Å². The van der Waals surface area contributed by atoms with Gasteiger partial charge in [-0.3, -0.25) is 0 Å². The van der Waals surface area contributed by atoms with E-state index in [0.717, 1.165) is 6.42 Å². The summed E-state index contributed by atoms with van der Waals surface area (Å²) in [5, 5.41) is 3.90. The number of H-pyrrole nitrogens is 1. The van der Waals surface area contributed by atoms with Crippen LogP contribution in [0.25, 0.3) is 11.2 Å². The van der Waals surface area contributed by atoms with Crippen molar-refractivity contribution in [3.8, 4) is 11.8 Å². The van der Waals surface area contributed by atoms with E-state index in [-0.39, 0.29) is 37.3 Å². The van der Waals surface area contributed by atoms with Gasteiger partial charge in [-0.05, 0) is 23.9 Å². The number of alkyl halides is 2. The molecule has 6 rings (SSSR count). The molecule has 37 heavy (non-hydrogen) atoms. The Bertz CT molecular complexity index is 1300. The van der Waals surface area contributed by atoms with E-state index in [2.05, 4.69) is 29.5 Å². The summed E-state index contributed by atoms with van der Waals surface area (Å²) in [6.45, 7) is 1.86. The third-order valence-electron chi connectivity index (χ3n) is 6.90. The zero-order valence-corrected chi connectivity index (χ0v) is 21.5. The number of halogens is 4. The molecule has 8 nitrogen and oxygen atoms in total. The lowest BCUT2D eigenvalue weighted by Crippen LogP contribution is -2.45. The maximum absolute atomic E-state index is 14.8. The van der Waals surface area contributed by atoms with Crippen LogP contribution < -0.4 is 20.1 Å². The molecule has 1 aliphatic carbocycles. The molecule has 2 aliphatic heterocycles. The lowest BCUT2D eigenvalue weighted by atomic mass is 9.91. The molecule has 4 atom stereocenters. The van der Waals surface area contributed by atoms with E-state index in [1.165, 1.54) is 6.07 Å². The Labute approximate surface area is 217 Å². The van der Waals surface area contributed by atoms with Crippen molar-refractivity contribution >= 4 is 43.1 Å². The van der Waals surface area contributed by atoms with Gasteiger partial charge in [0.15, 0.2) is 11.8 Å². The molecule has 2 saturated heterocycles. The van der Waals surface area contributed by atoms with Crippen molar-refractivity contribution in [1.82, 2.24) is 15.0 Å². The maximum Gasteiger partial charge on any atom is 0.296 e. The first kappa shape index (κ1) is 25.0. The molecule has 1 aromatic carbocycles. The Kier molecular flexibility index (Phi) is 6.59. The highest BCUT2D eigenvalue weighted by molar-refractivity contribution is 7.27. The van der Waals surface area contributed by atoms with Crippen LogP contribution in [0, 0.1) is 11.7 Å². The fourth-order valence-electron chi connectivity index (χ4n) is 4.94. The summed E-state index contributed by atoms with van der Waals surface area (Å²) >= 11 is 6.42. The molecule has 198 valence electrons. The molecule has 0 radical (unpaired) electrons. The zero-order valence-electron chi connectivity index (χ0n) is 19.6. The number of nitrogens with one attached hydrogen (secondary N) is 2. The number of aromatic nitrogens is 3. The van der Waals surface area contributed by atoms with Crippen LogP contribution in [0.5, 0.6) is 11.8 Å². The first-order chi connectivity index (χ1) is 17.7. The van der Waals surface area contributed by atoms with Gasteiger partial charge in [0, 0.05) is 43.5 Å². The van der Waals surface area contributed by atoms with Gasteiger partial charge < -0.3 is 29.2 Å². The summed E-state index contributed by atoms with van der Waals surface area (Å²) < 4.78 is 63.9. The molecular weight excluding hydrogens is 532 g/mol. The number of imidazole rings is 1. The van der Waals surface area contributed by atoms with Crippen molar-refractivity contribution in [2.45, 2.75) is 50.0 Å². The van der Waals surface area contributed by atoms with Gasteiger partial charge in [0.25, 0.3) is 11.9 Å². The summed E-state index contributed by atoms with van der Waals surface area (Å²) in [6.07, 6.45) is -0.688. The normalized spacial score (nSPS) is 25.1. The van der Waals surface area contributed by atoms with E-state index >= 15 is 0 Å². The van der Waals surface area contributed by atoms with Crippen LogP contribution in [0.3, 0.4) is 0 Å². The Balaban J connectivity index is 1.13. The first-order valence-electron chi connectivity index (χ1n) is 12.0. The number of fused-ring (bicyclic) bond motifs is 2. The molecule has 4 heterocycles. The fraction of sp³-hybridized carbons (Fsp3) is 0.500. The zero-order chi connectivity index (χ0) is 25.7. The maximum atomic E-state index is 14.8. The topological polar surface area (TPSA) is 90.5 Å². The minimum Gasteiger partial charge on any atom is -0.490 e. The van der Waals surface area contributed by atoms with Gasteiger partial charge >= 0.3 is 0 Å². The van der Waals surface area contributed by atoms with E-state index in [0.29, 0.717) is 64.6 Å². The standard InChI is InChI=1S/C24H25ClF3N4O4P/c25-15-5-17-22(32-23(30-17)36-18-10-33-9-11-1-2-34-20(11)18)31-21(15)29-8-14-16(26)3-12(4-19(14)37)35-13-6-24(27,28)7-13/h3-5,11,13,18,20H,1-2,6-10,37H2,(H2,29,30,31,32)/t11-,18+,20-/m0/s1. The van der Waals surface area contributed by atoms with Crippen molar-refractivity contribution in [1.29, 1.82) is 0 Å². The van der Waals surface area contributed by atoms with Crippen molar-refractivity contribution in [3.05, 3.63) is 34.6 Å². The summed E-state index contributed by atoms with van der Waals surface area (Å²) in [6, 6.07) is 4.76. The monoisotopic (exact) mass is 556 g/mol. The molecule has 2 N–H and O–H groups in total. The molecule has 3 fully saturated rings. The quantitative estimate of drug-likeness (QED) is 0.421. The van der Waals surface area contributed by atoms with Crippen LogP contribution in [0.4, 0.5) is 19.0 Å². The minimum atomic E-state index is -2.71. The Hall–Kier alpha value is -2.33. The minimum absolute atomic E-state index is 0.0294. The Morgan fingerprint density at radius 3 is 2.81 bits per heavy atom. The summed E-state index contributed by atoms with van der Waals surface area (Å²) in [4.78, 5) is 12.0. The smallest absolute Gasteiger partial charge is 0.296 e. The average Bonchev–Trinajstić information content (AvgIpc) is 3.44. The van der Waals surface area contributed by atoms with E-state index < -0.39 is 17.8 Å². The van der Waals surface area contributed by atoms with E-state index in [9.17, 15) is 13.2 Å². The number of ether oxygens (including phenoxy) is 4. The van der Waals surface area contributed by atoms with Crippen molar-refractivity contribution in [2.24, 2.45) is 5.92 Å². The highest BCUT2D eigenvalue weighted by atomic mass is 35.5. The van der Waals surface area contributed by atoms with Gasteiger partial charge in [-0.2, -0.15) is 4.98 Å². The SMILES string of the molecule is Fc1cc(OC2CC(F)(F)C2)cc(P)c1CNc1nc2nc(O[C@@H]3COC[C@@H]4CCO[C@@H]43)[nH]c2cc1Cl. The Morgan fingerprint density at radius 1 is 1.19 bits per heavy atom. The molecule has 1 saturated carbocycles. The summed E-state index contributed by atoms with van der Waals surface area (Å²) in [5.74, 6) is -2.38. The lowest BCUT2D eigenvalue weighted by molar-refractivity contribution is -0.134. The number of hydrogen-bond donors (Lipinski definition) is 2. The lowest BCUT2D eigenvalue weighted by Gasteiger charge is -2.34. The highest BCUT2D eigenvalue weighted by Crippen LogP contribution is 2.40. The number of anilines is 1. The second-order valence-corrected chi connectivity index (χ2v) is 10.7. The van der Waals surface area contributed by atoms with Crippen LogP contribution in [-0.4, -0.2) is 59.0 Å². The average molecular weight is 557 g/mol. The summed E-state index contributed by atoms with van der Waals surface area (Å²) in [7, 11) is 2.44. The molecule has 1 unspecified atom stereocenters. The van der Waals surface area contributed by atoms with Crippen molar-refractivity contribution < 1.29 is 32.1 Å². The number of hydrogen-bond acceptors (Lipinski definition) is 7. The van der Waals surface area contributed by atoms with Gasteiger partial charge in [0.05, 0.1) is 23.8 Å². The predicted octanol–water partition coefficient (Wildman–Crippen LogP) is 4.22. The number of nitrogens with zero attached hydrogens (tertiary/aromatic N) is 2. The molecular formula is C24H25ClF3N4O4P. The predicted molar refractivity (Wildman–Crippen MR) is 134 cm³/mol. The number of pyridine rings is 1. The van der Waals surface area contributed by atoms with Crippen molar-refractivity contribution in [3.63, 3.8) is 0 Å². The van der Waals surface area contributed by atoms with Gasteiger partial charge in [0.1, 0.15) is 29.6 Å². The highest BCUT2D eigenvalue weighted by Gasteiger charge is 2.47. The van der Waals surface area contributed by atoms with Gasteiger partial charge in [0.2, 0.25) is 0 Å². The molecule has 13 heteroatoms. The van der Waals surface area contributed by atoms with Crippen LogP contribution in [0.2, 0.25) is 5.02 Å². The second kappa shape index (κ2) is 9.76. The fourth-order valence-corrected chi connectivity index (χ4v) is 5.56. The molecule has 2 aromatic heterocycles. The number of aromatic amines is 1. The van der Waals surface area contributed by atoms with Gasteiger partial charge in [-0.15, -0.1) is 9.24 Å². The van der Waals surface area contributed by atoms with E-state index in [1.54, 1.807) is 12.1 Å². The van der Waals surface area contributed by atoms with E-state index in [1.807, 2.05) is 0 Å². The third-order valence-corrected chi connectivity index (χ3v) is 7.71. The largest absolute Gasteiger partial charge is 0.490 e. The van der Waals surface area contributed by atoms with Gasteiger partial charge in [-0.25, -0.2) is 18.2 Å². The third kappa shape index (κ3) is 5.19. The molecule has 0 bridgehead atoms. The second-order valence-electron chi connectivity index (χ2n) is 9.64. The van der Waals surface area contributed by atoms with Crippen LogP contribution in [-0.2, 0) is 16.0 Å². The van der Waals surface area contributed by atoms with Crippen LogP contribution >= 0.6 is 20.8 Å². The van der Waals surface area contributed by atoms with Crippen molar-refractivity contribution in [2.75, 3.05) is 25.1 Å². The number of rotatable bonds is 7. The molecule has 0 spiro atoms. The molecule has 3 aromatic rings.